The summed E-state index contributed by atoms with van der Waals surface area (Å²) in [5.41, 5.74) is 5.55. The second kappa shape index (κ2) is 5.90. The number of nitrogens with one attached hydrogen (secondary N) is 2. The Bertz CT molecular complexity index is 282. The van der Waals surface area contributed by atoms with Crippen molar-refractivity contribution in [1.29, 1.82) is 5.41 Å². The van der Waals surface area contributed by atoms with E-state index >= 15 is 0 Å². The van der Waals surface area contributed by atoms with Crippen molar-refractivity contribution >= 4 is 18.0 Å². The van der Waals surface area contributed by atoms with Gasteiger partial charge in [0.05, 0.1) is 12.0 Å². The van der Waals surface area contributed by atoms with Crippen LogP contribution >= 0.6 is 0 Å². The van der Waals surface area contributed by atoms with Crippen LogP contribution in [0.5, 0.6) is 0 Å². The van der Waals surface area contributed by atoms with Gasteiger partial charge < -0.3 is 11.1 Å². The molecule has 0 aromatic rings. The summed E-state index contributed by atoms with van der Waals surface area (Å²) in [6, 6.07) is 0. The smallest absolute Gasteiger partial charge is 0.261 e. The van der Waals surface area contributed by atoms with Gasteiger partial charge in [0.1, 0.15) is 0 Å². The first kappa shape index (κ1) is 12.3. The predicted octanol–water partition coefficient (Wildman–Crippen LogP) is 0.312. The first-order valence-corrected chi connectivity index (χ1v) is 4.40. The number of hydrogen-bond donors (Lipinski definition) is 3. The van der Waals surface area contributed by atoms with E-state index in [1.54, 1.807) is 0 Å². The predicted molar refractivity (Wildman–Crippen MR) is 53.7 cm³/mol. The molecule has 0 spiro atoms. The molecular formula is C9H15N3O2. The Morgan fingerprint density at radius 1 is 1.50 bits per heavy atom. The second-order valence-corrected chi connectivity index (χ2v) is 2.84. The summed E-state index contributed by atoms with van der Waals surface area (Å²) in [5.74, 6) is -1.01. The Morgan fingerprint density at radius 2 is 2.00 bits per heavy atom. The van der Waals surface area contributed by atoms with E-state index in [0.717, 1.165) is 6.21 Å². The molecule has 78 valence electrons. The van der Waals surface area contributed by atoms with Gasteiger partial charge in [-0.1, -0.05) is 20.3 Å². The molecule has 1 aliphatic rings. The van der Waals surface area contributed by atoms with Crippen LogP contribution in [-0.2, 0) is 9.59 Å². The number of hydrogen-bond acceptors (Lipinski definition) is 4. The van der Waals surface area contributed by atoms with Crippen LogP contribution in [0.25, 0.3) is 0 Å². The molecule has 4 N–H and O–H groups in total. The van der Waals surface area contributed by atoms with Gasteiger partial charge in [0, 0.05) is 11.9 Å². The molecule has 14 heavy (non-hydrogen) atoms. The van der Waals surface area contributed by atoms with Crippen molar-refractivity contribution in [3.8, 4) is 0 Å². The molecule has 0 aromatic carbocycles. The number of carbonyl (C=O) groups excluding carboxylic acids is 2. The lowest BCUT2D eigenvalue weighted by molar-refractivity contribution is -0.128. The van der Waals surface area contributed by atoms with Crippen LogP contribution in [0.4, 0.5) is 0 Å². The van der Waals surface area contributed by atoms with Gasteiger partial charge in [0.25, 0.3) is 5.91 Å². The third-order valence-corrected chi connectivity index (χ3v) is 1.34. The first-order chi connectivity index (χ1) is 6.56. The Balaban J connectivity index is 0.000000500. The van der Waals surface area contributed by atoms with E-state index in [0.29, 0.717) is 0 Å². The molecule has 5 heteroatoms. The average molecular weight is 197 g/mol. The SMILES string of the molecule is CCC.N=CC1=C(N)CC(=O)NC1=O. The largest absolute Gasteiger partial charge is 0.401 e. The van der Waals surface area contributed by atoms with Gasteiger partial charge in [-0.25, -0.2) is 0 Å². The number of amides is 2. The van der Waals surface area contributed by atoms with Crippen molar-refractivity contribution in [2.45, 2.75) is 26.7 Å². The van der Waals surface area contributed by atoms with Gasteiger partial charge in [-0.2, -0.15) is 0 Å². The summed E-state index contributed by atoms with van der Waals surface area (Å²) in [5, 5.41) is 8.83. The van der Waals surface area contributed by atoms with Gasteiger partial charge in [0.15, 0.2) is 0 Å². The first-order valence-electron chi connectivity index (χ1n) is 4.40. The van der Waals surface area contributed by atoms with Crippen LogP contribution in [0, 0.1) is 5.41 Å². The van der Waals surface area contributed by atoms with E-state index in [9.17, 15) is 9.59 Å². The Labute approximate surface area is 82.9 Å². The fourth-order valence-electron chi connectivity index (χ4n) is 0.810. The maximum absolute atomic E-state index is 10.8. The van der Waals surface area contributed by atoms with Gasteiger partial charge >= 0.3 is 0 Å². The summed E-state index contributed by atoms with van der Waals surface area (Å²) in [4.78, 5) is 21.4. The van der Waals surface area contributed by atoms with Crippen LogP contribution in [-0.4, -0.2) is 18.0 Å². The zero-order chi connectivity index (χ0) is 11.1. The quantitative estimate of drug-likeness (QED) is 0.417. The fraction of sp³-hybridized carbons (Fsp3) is 0.444. The van der Waals surface area contributed by atoms with E-state index in [-0.39, 0.29) is 17.7 Å². The van der Waals surface area contributed by atoms with E-state index in [1.807, 2.05) is 5.32 Å². The van der Waals surface area contributed by atoms with Crippen molar-refractivity contribution in [3.63, 3.8) is 0 Å². The monoisotopic (exact) mass is 197 g/mol. The minimum absolute atomic E-state index is 0.00352. The van der Waals surface area contributed by atoms with E-state index in [4.69, 9.17) is 11.1 Å². The molecule has 1 heterocycles. The highest BCUT2D eigenvalue weighted by Gasteiger charge is 2.21. The van der Waals surface area contributed by atoms with Crippen LogP contribution < -0.4 is 11.1 Å². The lowest BCUT2D eigenvalue weighted by Gasteiger charge is -2.12. The van der Waals surface area contributed by atoms with Gasteiger partial charge in [-0.3, -0.25) is 14.9 Å². The molecule has 0 bridgehead atoms. The Morgan fingerprint density at radius 3 is 2.36 bits per heavy atom. The van der Waals surface area contributed by atoms with Gasteiger partial charge in [-0.05, 0) is 0 Å². The van der Waals surface area contributed by atoms with E-state index < -0.39 is 11.8 Å². The van der Waals surface area contributed by atoms with Crippen LogP contribution in [0.1, 0.15) is 26.7 Å². The van der Waals surface area contributed by atoms with Crippen molar-refractivity contribution in [1.82, 2.24) is 5.32 Å². The normalized spacial score (nSPS) is 15.6. The molecule has 1 aliphatic heterocycles. The van der Waals surface area contributed by atoms with Gasteiger partial charge in [0.2, 0.25) is 5.91 Å². The molecule has 2 amide bonds. The lowest BCUT2D eigenvalue weighted by atomic mass is 10.1. The number of carbonyl (C=O) groups is 2. The van der Waals surface area contributed by atoms with Crippen LogP contribution in [0.15, 0.2) is 11.3 Å². The molecule has 0 saturated carbocycles. The number of imide groups is 1. The molecule has 0 aromatic heterocycles. The van der Waals surface area contributed by atoms with Crippen molar-refractivity contribution in [2.75, 3.05) is 0 Å². The van der Waals surface area contributed by atoms with E-state index in [2.05, 4.69) is 13.8 Å². The van der Waals surface area contributed by atoms with Gasteiger partial charge in [-0.15, -0.1) is 0 Å². The summed E-state index contributed by atoms with van der Waals surface area (Å²) in [7, 11) is 0. The third kappa shape index (κ3) is 3.38. The minimum atomic E-state index is -0.589. The van der Waals surface area contributed by atoms with Crippen LogP contribution in [0.2, 0.25) is 0 Å². The highest BCUT2D eigenvalue weighted by Crippen LogP contribution is 2.06. The number of rotatable bonds is 1. The van der Waals surface area contributed by atoms with Crippen LogP contribution in [0.3, 0.4) is 0 Å². The molecule has 0 aliphatic carbocycles. The molecule has 1 rings (SSSR count). The summed E-state index contributed by atoms with van der Waals surface area (Å²) in [6.07, 6.45) is 2.09. The Hall–Kier alpha value is -1.65. The molecule has 0 atom stereocenters. The third-order valence-electron chi connectivity index (χ3n) is 1.34. The topological polar surface area (TPSA) is 96.0 Å². The molecule has 0 fully saturated rings. The van der Waals surface area contributed by atoms with E-state index in [1.165, 1.54) is 6.42 Å². The average Bonchev–Trinajstić information content (AvgIpc) is 2.04. The summed E-state index contributed by atoms with van der Waals surface area (Å²) >= 11 is 0. The zero-order valence-corrected chi connectivity index (χ0v) is 8.39. The molecular weight excluding hydrogens is 182 g/mol. The molecule has 0 saturated heterocycles. The second-order valence-electron chi connectivity index (χ2n) is 2.84. The molecule has 5 nitrogen and oxygen atoms in total. The summed E-state index contributed by atoms with van der Waals surface area (Å²) in [6.45, 7) is 4.25. The van der Waals surface area contributed by atoms with Crippen molar-refractivity contribution in [2.24, 2.45) is 5.73 Å². The maximum atomic E-state index is 10.8. The molecule has 0 radical (unpaired) electrons. The highest BCUT2D eigenvalue weighted by atomic mass is 16.2. The lowest BCUT2D eigenvalue weighted by Crippen LogP contribution is -2.38. The van der Waals surface area contributed by atoms with Crippen molar-refractivity contribution < 1.29 is 9.59 Å². The summed E-state index contributed by atoms with van der Waals surface area (Å²) < 4.78 is 0. The fourth-order valence-corrected chi connectivity index (χ4v) is 0.810. The van der Waals surface area contributed by atoms with Crippen molar-refractivity contribution in [3.05, 3.63) is 11.3 Å². The maximum Gasteiger partial charge on any atom is 0.261 e. The minimum Gasteiger partial charge on any atom is -0.401 e. The Kier molecular flexibility index (Phi) is 5.21. The number of nitrogens with two attached hydrogens (primary N) is 1. The zero-order valence-electron chi connectivity index (χ0n) is 8.39. The standard InChI is InChI=1S/C6H7N3O2.C3H8/c7-2-3-4(8)1-5(10)9-6(3)11;1-3-2/h2,7H,1,8H2,(H,9,10,11);3H2,1-2H3. The highest BCUT2D eigenvalue weighted by molar-refractivity contribution is 6.19. The molecule has 0 unspecified atom stereocenters.